The molecule has 1 aromatic carbocycles. The first-order chi connectivity index (χ1) is 6.49. The highest BCUT2D eigenvalue weighted by atomic mass is 79.9. The fourth-order valence-electron chi connectivity index (χ4n) is 1.19. The molecule has 14 heavy (non-hydrogen) atoms. The molecular weight excluding hydrogens is 251 g/mol. The van der Waals surface area contributed by atoms with E-state index in [2.05, 4.69) is 15.9 Å². The molecule has 76 valence electrons. The van der Waals surface area contributed by atoms with E-state index in [0.717, 1.165) is 0 Å². The molecule has 0 aromatic heterocycles. The number of carbonyl (C=O) groups excluding carboxylic acids is 1. The molecular formula is C10H10BrFO2. The maximum atomic E-state index is 13.5. The van der Waals surface area contributed by atoms with Gasteiger partial charge in [0.25, 0.3) is 0 Å². The van der Waals surface area contributed by atoms with Gasteiger partial charge in [-0.2, -0.15) is 0 Å². The van der Waals surface area contributed by atoms with Crippen LogP contribution in [0.25, 0.3) is 0 Å². The molecule has 0 aliphatic carbocycles. The second kappa shape index (κ2) is 4.19. The van der Waals surface area contributed by atoms with Crippen molar-refractivity contribution < 1.29 is 14.3 Å². The van der Waals surface area contributed by atoms with Crippen molar-refractivity contribution in [3.05, 3.63) is 34.1 Å². The summed E-state index contributed by atoms with van der Waals surface area (Å²) in [6, 6.07) is 4.61. The molecule has 0 saturated carbocycles. The van der Waals surface area contributed by atoms with Crippen LogP contribution >= 0.6 is 15.9 Å². The minimum atomic E-state index is -1.45. The van der Waals surface area contributed by atoms with E-state index in [-0.39, 0.29) is 16.5 Å². The summed E-state index contributed by atoms with van der Waals surface area (Å²) in [4.78, 5) is 10.3. The fourth-order valence-corrected chi connectivity index (χ4v) is 1.56. The van der Waals surface area contributed by atoms with Gasteiger partial charge in [-0.25, -0.2) is 4.39 Å². The van der Waals surface area contributed by atoms with Crippen LogP contribution in [0.3, 0.4) is 0 Å². The number of aldehydes is 1. The van der Waals surface area contributed by atoms with Crippen LogP contribution in [0.15, 0.2) is 22.7 Å². The molecule has 0 spiro atoms. The van der Waals surface area contributed by atoms with Crippen molar-refractivity contribution in [1.82, 2.24) is 0 Å². The Morgan fingerprint density at radius 1 is 1.64 bits per heavy atom. The van der Waals surface area contributed by atoms with Gasteiger partial charge < -0.3 is 9.90 Å². The van der Waals surface area contributed by atoms with E-state index in [1.807, 2.05) is 0 Å². The van der Waals surface area contributed by atoms with Gasteiger partial charge in [-0.3, -0.25) is 0 Å². The molecule has 0 radical (unpaired) electrons. The summed E-state index contributed by atoms with van der Waals surface area (Å²) in [5, 5.41) is 9.80. The Labute approximate surface area is 89.9 Å². The van der Waals surface area contributed by atoms with Crippen molar-refractivity contribution in [2.75, 3.05) is 0 Å². The van der Waals surface area contributed by atoms with E-state index >= 15 is 0 Å². The van der Waals surface area contributed by atoms with Crippen molar-refractivity contribution in [2.24, 2.45) is 0 Å². The van der Waals surface area contributed by atoms with Crippen LogP contribution in [0, 0.1) is 5.82 Å². The molecule has 1 atom stereocenters. The highest BCUT2D eigenvalue weighted by Crippen LogP contribution is 2.29. The zero-order valence-corrected chi connectivity index (χ0v) is 9.21. The number of halogens is 2. The van der Waals surface area contributed by atoms with Gasteiger partial charge in [-0.05, 0) is 28.9 Å². The van der Waals surface area contributed by atoms with Crippen LogP contribution in [-0.2, 0) is 10.4 Å². The van der Waals surface area contributed by atoms with E-state index in [0.29, 0.717) is 6.29 Å². The molecule has 0 aliphatic rings. The SMILES string of the molecule is CC(O)(CC=O)c1cccc(Br)c1F. The van der Waals surface area contributed by atoms with Crippen molar-refractivity contribution >= 4 is 22.2 Å². The molecule has 2 nitrogen and oxygen atoms in total. The Morgan fingerprint density at radius 3 is 2.86 bits per heavy atom. The van der Waals surface area contributed by atoms with Crippen molar-refractivity contribution in [3.8, 4) is 0 Å². The summed E-state index contributed by atoms with van der Waals surface area (Å²) < 4.78 is 13.8. The molecule has 4 heteroatoms. The Balaban J connectivity index is 3.18. The average Bonchev–Trinajstić information content (AvgIpc) is 2.09. The molecule has 0 saturated heterocycles. The number of carbonyl (C=O) groups is 1. The van der Waals surface area contributed by atoms with Crippen LogP contribution in [0.5, 0.6) is 0 Å². The zero-order valence-electron chi connectivity index (χ0n) is 7.63. The third kappa shape index (κ3) is 2.19. The van der Waals surface area contributed by atoms with Crippen LogP contribution < -0.4 is 0 Å². The zero-order chi connectivity index (χ0) is 10.8. The number of aliphatic hydroxyl groups is 1. The second-order valence-corrected chi connectivity index (χ2v) is 4.10. The van der Waals surface area contributed by atoms with E-state index in [1.165, 1.54) is 19.1 Å². The lowest BCUT2D eigenvalue weighted by molar-refractivity contribution is -0.112. The molecule has 0 amide bonds. The lowest BCUT2D eigenvalue weighted by Gasteiger charge is -2.21. The number of hydrogen-bond acceptors (Lipinski definition) is 2. The van der Waals surface area contributed by atoms with E-state index in [1.54, 1.807) is 6.07 Å². The molecule has 1 rings (SSSR count). The largest absolute Gasteiger partial charge is 0.385 e. The Morgan fingerprint density at radius 2 is 2.29 bits per heavy atom. The van der Waals surface area contributed by atoms with E-state index in [9.17, 15) is 14.3 Å². The first kappa shape index (κ1) is 11.3. The Kier molecular flexibility index (Phi) is 3.39. The third-order valence-corrected chi connectivity index (χ3v) is 2.63. The molecule has 1 N–H and O–H groups in total. The number of rotatable bonds is 3. The monoisotopic (exact) mass is 260 g/mol. The summed E-state index contributed by atoms with van der Waals surface area (Å²) in [5.41, 5.74) is -1.32. The van der Waals surface area contributed by atoms with Crippen molar-refractivity contribution in [3.63, 3.8) is 0 Å². The van der Waals surface area contributed by atoms with E-state index < -0.39 is 11.4 Å². The van der Waals surface area contributed by atoms with Gasteiger partial charge in [0.2, 0.25) is 0 Å². The quantitative estimate of drug-likeness (QED) is 0.848. The van der Waals surface area contributed by atoms with Gasteiger partial charge in [-0.1, -0.05) is 12.1 Å². The van der Waals surface area contributed by atoms with Crippen LogP contribution in [0.4, 0.5) is 4.39 Å². The van der Waals surface area contributed by atoms with Crippen molar-refractivity contribution in [1.29, 1.82) is 0 Å². The summed E-state index contributed by atoms with van der Waals surface area (Å²) in [5.74, 6) is -0.528. The lowest BCUT2D eigenvalue weighted by Crippen LogP contribution is -2.23. The number of hydrogen-bond donors (Lipinski definition) is 1. The number of benzene rings is 1. The summed E-state index contributed by atoms with van der Waals surface area (Å²) in [6.45, 7) is 1.41. The molecule has 1 aromatic rings. The third-order valence-electron chi connectivity index (χ3n) is 2.01. The first-order valence-electron chi connectivity index (χ1n) is 4.09. The van der Waals surface area contributed by atoms with Gasteiger partial charge in [0.05, 0.1) is 10.1 Å². The molecule has 1 unspecified atom stereocenters. The maximum Gasteiger partial charge on any atom is 0.143 e. The minimum absolute atomic E-state index is 0.124. The molecule has 0 bridgehead atoms. The van der Waals surface area contributed by atoms with Crippen LogP contribution in [0.1, 0.15) is 18.9 Å². The summed E-state index contributed by atoms with van der Waals surface area (Å²) in [6.07, 6.45) is 0.445. The van der Waals surface area contributed by atoms with Gasteiger partial charge >= 0.3 is 0 Å². The molecule has 0 fully saturated rings. The summed E-state index contributed by atoms with van der Waals surface area (Å²) >= 11 is 3.02. The van der Waals surface area contributed by atoms with Gasteiger partial charge in [0, 0.05) is 12.0 Å². The highest BCUT2D eigenvalue weighted by Gasteiger charge is 2.26. The average molecular weight is 261 g/mol. The molecule has 0 heterocycles. The van der Waals surface area contributed by atoms with Crippen molar-refractivity contribution in [2.45, 2.75) is 18.9 Å². The predicted octanol–water partition coefficient (Wildman–Crippen LogP) is 2.38. The standard InChI is InChI=1S/C10H10BrFO2/c1-10(14,5-6-13)7-3-2-4-8(11)9(7)12/h2-4,6,14H,5H2,1H3. The van der Waals surface area contributed by atoms with Gasteiger partial charge in [0.1, 0.15) is 12.1 Å². The first-order valence-corrected chi connectivity index (χ1v) is 4.89. The Hall–Kier alpha value is -0.740. The highest BCUT2D eigenvalue weighted by molar-refractivity contribution is 9.10. The second-order valence-electron chi connectivity index (χ2n) is 3.25. The fraction of sp³-hybridized carbons (Fsp3) is 0.300. The minimum Gasteiger partial charge on any atom is -0.385 e. The smallest absolute Gasteiger partial charge is 0.143 e. The van der Waals surface area contributed by atoms with Gasteiger partial charge in [0.15, 0.2) is 0 Å². The lowest BCUT2D eigenvalue weighted by atomic mass is 9.93. The maximum absolute atomic E-state index is 13.5. The van der Waals surface area contributed by atoms with E-state index in [4.69, 9.17) is 0 Å². The topological polar surface area (TPSA) is 37.3 Å². The van der Waals surface area contributed by atoms with Crippen LogP contribution in [0.2, 0.25) is 0 Å². The predicted molar refractivity (Wildman–Crippen MR) is 54.4 cm³/mol. The molecule has 0 aliphatic heterocycles. The normalized spacial score (nSPS) is 14.9. The Bertz CT molecular complexity index is 350. The summed E-state index contributed by atoms with van der Waals surface area (Å²) in [7, 11) is 0. The van der Waals surface area contributed by atoms with Gasteiger partial charge in [-0.15, -0.1) is 0 Å². The van der Waals surface area contributed by atoms with Crippen LogP contribution in [-0.4, -0.2) is 11.4 Å².